The average molecular weight is 969 g/mol. The van der Waals surface area contributed by atoms with Gasteiger partial charge in [-0.3, -0.25) is 0 Å². The highest BCUT2D eigenvalue weighted by atomic mass is 19.2. The molecular formula is C50H36F8N6O6. The molecule has 12 nitrogen and oxygen atoms in total. The molecule has 358 valence electrons. The molecule has 0 saturated carbocycles. The summed E-state index contributed by atoms with van der Waals surface area (Å²) in [4.78, 5) is 15.3. The van der Waals surface area contributed by atoms with E-state index in [1.807, 2.05) is 0 Å². The lowest BCUT2D eigenvalue weighted by molar-refractivity contribution is 0.0190. The first-order valence-corrected chi connectivity index (χ1v) is 21.0. The van der Waals surface area contributed by atoms with Gasteiger partial charge in [-0.1, -0.05) is 24.3 Å². The van der Waals surface area contributed by atoms with E-state index in [0.29, 0.717) is 0 Å². The maximum absolute atomic E-state index is 16.6. The maximum Gasteiger partial charge on any atom is 0.170 e. The highest BCUT2D eigenvalue weighted by Crippen LogP contribution is 2.44. The Morgan fingerprint density at radius 1 is 0.414 bits per heavy atom. The van der Waals surface area contributed by atoms with Gasteiger partial charge < -0.3 is 52.1 Å². The fourth-order valence-electron chi connectivity index (χ4n) is 8.56. The van der Waals surface area contributed by atoms with Crippen LogP contribution in [0.4, 0.5) is 35.1 Å². The summed E-state index contributed by atoms with van der Waals surface area (Å²) >= 11 is 0. The third kappa shape index (κ3) is 7.85. The van der Waals surface area contributed by atoms with Crippen molar-refractivity contribution in [3.63, 3.8) is 0 Å². The van der Waals surface area contributed by atoms with Crippen LogP contribution in [0, 0.1) is 46.5 Å². The molecule has 0 radical (unpaired) electrons. The third-order valence-electron chi connectivity index (χ3n) is 11.9. The minimum Gasteiger partial charge on any atom is -0.508 e. The molecule has 12 N–H and O–H groups in total. The molecule has 4 atom stereocenters. The molecule has 70 heavy (non-hydrogen) atoms. The number of aliphatic hydroxyl groups excluding tert-OH is 4. The van der Waals surface area contributed by atoms with Crippen LogP contribution in [0.1, 0.15) is 46.1 Å². The van der Waals surface area contributed by atoms with Gasteiger partial charge in [0.2, 0.25) is 0 Å². The number of nitrogens with one attached hydrogen (secondary N) is 2. The minimum absolute atomic E-state index is 0.0310. The molecule has 5 heterocycles. The summed E-state index contributed by atoms with van der Waals surface area (Å²) in [5.74, 6) is -16.8. The number of hydrogen-bond donors (Lipinski definition) is 10. The Morgan fingerprint density at radius 2 is 0.714 bits per heavy atom. The summed E-state index contributed by atoms with van der Waals surface area (Å²) in [6.45, 7) is -1.48. The highest BCUT2D eigenvalue weighted by molar-refractivity contribution is 6.00. The quantitative estimate of drug-likeness (QED) is 0.0464. The van der Waals surface area contributed by atoms with Crippen LogP contribution in [-0.2, 0) is 0 Å². The van der Waals surface area contributed by atoms with E-state index in [9.17, 15) is 30.6 Å². The van der Waals surface area contributed by atoms with Gasteiger partial charge in [-0.2, -0.15) is 0 Å². The van der Waals surface area contributed by atoms with E-state index in [-0.39, 0.29) is 78.6 Å². The summed E-state index contributed by atoms with van der Waals surface area (Å²) in [5, 5.41) is 62.5. The fourth-order valence-corrected chi connectivity index (χ4v) is 8.56. The van der Waals surface area contributed by atoms with Gasteiger partial charge in [0.25, 0.3) is 0 Å². The van der Waals surface area contributed by atoms with E-state index in [1.165, 1.54) is 97.1 Å². The molecule has 0 saturated heterocycles. The zero-order chi connectivity index (χ0) is 50.0. The Bertz CT molecular complexity index is 3250. The third-order valence-corrected chi connectivity index (χ3v) is 11.9. The lowest BCUT2D eigenvalue weighted by atomic mass is 9.95. The molecular weight excluding hydrogens is 933 g/mol. The number of nitrogens with zero attached hydrogens (tertiary/aromatic N) is 2. The number of fused-ring (bicyclic) bond motifs is 8. The summed E-state index contributed by atoms with van der Waals surface area (Å²) in [5.41, 5.74) is 3.22. The van der Waals surface area contributed by atoms with E-state index in [2.05, 4.69) is 19.9 Å². The molecule has 20 heteroatoms. The SMILES string of the molecule is NC[C@@H](O)C(O)c1c(F)c(F)c(-c2c3nc(c(-c4cccc(O)c4)c4ccc([nH]4)c(-c4c(F)c(F)c(C(O)[C@H](O)CN)c(F)c4F)c4nc(c(-c5cccc(O)c5)c5ccc2[nH]5)C=C4)C=C3)c(F)c1F. The Hall–Kier alpha value is -7.72. The van der Waals surface area contributed by atoms with E-state index in [1.54, 1.807) is 0 Å². The number of aliphatic hydroxyl groups is 4. The second kappa shape index (κ2) is 18.3. The lowest BCUT2D eigenvalue weighted by Crippen LogP contribution is -2.29. The molecule has 2 aliphatic heterocycles. The smallest absolute Gasteiger partial charge is 0.170 e. The Morgan fingerprint density at radius 3 is 1.01 bits per heavy atom. The Kier molecular flexibility index (Phi) is 12.4. The molecule has 8 bridgehead atoms. The van der Waals surface area contributed by atoms with Gasteiger partial charge in [-0.05, 0) is 84.0 Å². The van der Waals surface area contributed by atoms with Gasteiger partial charge in [0, 0.05) is 57.4 Å². The fraction of sp³-hybridized carbons (Fsp3) is 0.120. The number of halogens is 8. The summed E-state index contributed by atoms with van der Waals surface area (Å²) in [7, 11) is 0. The van der Waals surface area contributed by atoms with Crippen molar-refractivity contribution in [1.29, 1.82) is 0 Å². The average Bonchev–Trinajstić information content (AvgIpc) is 4.20. The topological polar surface area (TPSA) is 231 Å². The first-order chi connectivity index (χ1) is 33.4. The first-order valence-electron chi connectivity index (χ1n) is 21.0. The van der Waals surface area contributed by atoms with Crippen LogP contribution in [0.5, 0.6) is 11.5 Å². The van der Waals surface area contributed by atoms with Gasteiger partial charge in [0.15, 0.2) is 46.5 Å². The Labute approximate surface area is 389 Å². The number of aromatic hydroxyl groups is 2. The van der Waals surface area contributed by atoms with Crippen molar-refractivity contribution in [1.82, 2.24) is 19.9 Å². The van der Waals surface area contributed by atoms with Crippen LogP contribution in [-0.4, -0.2) is 75.9 Å². The van der Waals surface area contributed by atoms with Crippen molar-refractivity contribution in [2.24, 2.45) is 11.5 Å². The monoisotopic (exact) mass is 968 g/mol. The van der Waals surface area contributed by atoms with Crippen LogP contribution in [0.15, 0.2) is 72.8 Å². The number of aromatic nitrogens is 4. The predicted octanol–water partition coefficient (Wildman–Crippen LogP) is 8.55. The summed E-state index contributed by atoms with van der Waals surface area (Å²) in [6, 6.07) is 16.4. The molecule has 0 amide bonds. The first kappa shape index (κ1) is 47.4. The van der Waals surface area contributed by atoms with E-state index < -0.39 is 117 Å². The van der Waals surface area contributed by atoms with E-state index >= 15 is 35.1 Å². The van der Waals surface area contributed by atoms with Crippen LogP contribution >= 0.6 is 0 Å². The lowest BCUT2D eigenvalue weighted by Gasteiger charge is -2.20. The normalized spacial score (nSPS) is 14.0. The zero-order valence-corrected chi connectivity index (χ0v) is 35.7. The second-order valence-corrected chi connectivity index (χ2v) is 16.2. The van der Waals surface area contributed by atoms with Crippen molar-refractivity contribution in [3.8, 4) is 56.0 Å². The van der Waals surface area contributed by atoms with Gasteiger partial charge >= 0.3 is 0 Å². The van der Waals surface area contributed by atoms with E-state index in [0.717, 1.165) is 0 Å². The van der Waals surface area contributed by atoms with Gasteiger partial charge in [0.05, 0.1) is 57.2 Å². The van der Waals surface area contributed by atoms with Crippen molar-refractivity contribution in [2.45, 2.75) is 24.4 Å². The molecule has 0 aliphatic carbocycles. The standard InChI is InChI=1S/C50H36F8N6O6/c51-41-37(42(52)46(56)39(45(41)55)49(69)31(67)17-59)35-27-11-7-23(61-27)33(19-3-1-5-21(65)15-19)24-8-12-28(62-24)36(38-43(53)47(57)40(48(58)44(38)54)50(70)32(68)18-60)30-14-10-26(64-30)34(25-9-13-29(35)63-25)20-4-2-6-22(66)16-20/h1-16,31-32,49-50,61,64-70H,17-18,59-60H2/t31-,32-,49?,50?/m1/s1. The van der Waals surface area contributed by atoms with Crippen LogP contribution in [0.3, 0.4) is 0 Å². The predicted molar refractivity (Wildman–Crippen MR) is 244 cm³/mol. The number of rotatable bonds is 10. The zero-order valence-electron chi connectivity index (χ0n) is 35.7. The molecule has 9 rings (SSSR count). The molecule has 3 aromatic heterocycles. The largest absolute Gasteiger partial charge is 0.508 e. The molecule has 0 spiro atoms. The number of benzene rings is 4. The number of nitrogens with two attached hydrogens (primary N) is 2. The number of H-pyrrole nitrogens is 2. The summed E-state index contributed by atoms with van der Waals surface area (Å²) < 4.78 is 131. The van der Waals surface area contributed by atoms with E-state index in [4.69, 9.17) is 11.5 Å². The molecule has 2 unspecified atom stereocenters. The second-order valence-electron chi connectivity index (χ2n) is 16.2. The van der Waals surface area contributed by atoms with Crippen LogP contribution in [0.2, 0.25) is 0 Å². The molecule has 2 aliphatic rings. The number of phenols is 2. The van der Waals surface area contributed by atoms with Crippen LogP contribution in [0.25, 0.3) is 90.9 Å². The Balaban J connectivity index is 1.48. The van der Waals surface area contributed by atoms with Gasteiger partial charge in [-0.15, -0.1) is 0 Å². The summed E-state index contributed by atoms with van der Waals surface area (Å²) in [6.07, 6.45) is -3.92. The number of hydrogen-bond acceptors (Lipinski definition) is 10. The minimum atomic E-state index is -2.50. The maximum atomic E-state index is 16.6. The molecule has 0 fully saturated rings. The highest BCUT2D eigenvalue weighted by Gasteiger charge is 2.36. The van der Waals surface area contributed by atoms with Crippen molar-refractivity contribution >= 4 is 46.4 Å². The van der Waals surface area contributed by atoms with Crippen molar-refractivity contribution < 1.29 is 65.8 Å². The number of aromatic amines is 2. The number of phenolic OH excluding ortho intramolecular Hbond substituents is 2. The van der Waals surface area contributed by atoms with Crippen molar-refractivity contribution in [2.75, 3.05) is 13.1 Å². The molecule has 7 aromatic rings. The van der Waals surface area contributed by atoms with Gasteiger partial charge in [0.1, 0.15) is 23.7 Å². The van der Waals surface area contributed by atoms with Gasteiger partial charge in [-0.25, -0.2) is 45.1 Å². The van der Waals surface area contributed by atoms with Crippen molar-refractivity contribution in [3.05, 3.63) is 153 Å². The molecule has 4 aromatic carbocycles. The van der Waals surface area contributed by atoms with Crippen LogP contribution < -0.4 is 11.5 Å².